The van der Waals surface area contributed by atoms with Gasteiger partial charge in [-0.1, -0.05) is 73.8 Å². The molecule has 3 heteroatoms. The summed E-state index contributed by atoms with van der Waals surface area (Å²) in [5.74, 6) is 0. The smallest absolute Gasteiger partial charge is 0.142 e. The van der Waals surface area contributed by atoms with Gasteiger partial charge in [-0.05, 0) is 45.3 Å². The summed E-state index contributed by atoms with van der Waals surface area (Å²) in [6.07, 6.45) is 5.00. The molecular weight excluding hydrogens is 334 g/mol. The van der Waals surface area contributed by atoms with Crippen LogP contribution >= 0.6 is 0 Å². The normalized spacial score (nSPS) is 15.5. The minimum absolute atomic E-state index is 0.937. The number of hydrogen-bond donors (Lipinski definition) is 1. The Balaban J connectivity index is 1.61. The lowest BCUT2D eigenvalue weighted by Gasteiger charge is -2.23. The highest BCUT2D eigenvalue weighted by molar-refractivity contribution is 6.94. The van der Waals surface area contributed by atoms with Gasteiger partial charge in [0, 0.05) is 11.0 Å². The standard InChI is InChI=1S/C23H21NOSi/c1-26(2)20(16-25)14-15-23(26)24-19-12-10-18(11-13-19)22-9-5-7-17-6-3-4-8-21(17)22/h3-16,24H,1-2H3. The lowest BCUT2D eigenvalue weighted by atomic mass is 9.98. The van der Waals surface area contributed by atoms with Crippen molar-refractivity contribution in [2.75, 3.05) is 5.32 Å². The molecule has 128 valence electrons. The number of hydrogen-bond acceptors (Lipinski definition) is 2. The molecule has 1 heterocycles. The minimum atomic E-state index is -1.85. The van der Waals surface area contributed by atoms with E-state index in [9.17, 15) is 4.79 Å². The predicted molar refractivity (Wildman–Crippen MR) is 113 cm³/mol. The highest BCUT2D eigenvalue weighted by Crippen LogP contribution is 2.32. The van der Waals surface area contributed by atoms with Crippen molar-refractivity contribution < 1.29 is 4.79 Å². The van der Waals surface area contributed by atoms with Gasteiger partial charge in [-0.15, -0.1) is 0 Å². The number of aldehydes is 1. The second-order valence-corrected chi connectivity index (χ2v) is 11.5. The van der Waals surface area contributed by atoms with Gasteiger partial charge in [-0.2, -0.15) is 0 Å². The number of carbonyl (C=O) groups is 1. The maximum atomic E-state index is 11.2. The van der Waals surface area contributed by atoms with Crippen LogP contribution < -0.4 is 5.32 Å². The molecule has 0 fully saturated rings. The topological polar surface area (TPSA) is 29.1 Å². The van der Waals surface area contributed by atoms with E-state index in [0.717, 1.165) is 17.2 Å². The van der Waals surface area contributed by atoms with Crippen LogP contribution in [-0.4, -0.2) is 14.4 Å². The van der Waals surface area contributed by atoms with Crippen molar-refractivity contribution in [1.82, 2.24) is 0 Å². The molecule has 0 saturated heterocycles. The fourth-order valence-corrected chi connectivity index (χ4v) is 5.56. The second-order valence-electron chi connectivity index (χ2n) is 7.17. The number of nitrogens with one attached hydrogen (secondary N) is 1. The van der Waals surface area contributed by atoms with Crippen molar-refractivity contribution in [3.8, 4) is 11.1 Å². The van der Waals surface area contributed by atoms with Gasteiger partial charge < -0.3 is 5.32 Å². The predicted octanol–water partition coefficient (Wildman–Crippen LogP) is 5.73. The van der Waals surface area contributed by atoms with Crippen LogP contribution in [0.5, 0.6) is 0 Å². The van der Waals surface area contributed by atoms with E-state index in [-0.39, 0.29) is 0 Å². The van der Waals surface area contributed by atoms with E-state index < -0.39 is 8.07 Å². The molecule has 0 saturated carbocycles. The van der Waals surface area contributed by atoms with Gasteiger partial charge in [0.25, 0.3) is 0 Å². The van der Waals surface area contributed by atoms with Gasteiger partial charge in [0.1, 0.15) is 14.4 Å². The number of allylic oxidation sites excluding steroid dienone is 3. The molecule has 2 nitrogen and oxygen atoms in total. The monoisotopic (exact) mass is 355 g/mol. The highest BCUT2D eigenvalue weighted by atomic mass is 28.3. The van der Waals surface area contributed by atoms with Gasteiger partial charge in [0.05, 0.1) is 0 Å². The van der Waals surface area contributed by atoms with E-state index in [1.165, 1.54) is 27.2 Å². The molecule has 0 bridgehead atoms. The maximum Gasteiger partial charge on any atom is 0.142 e. The molecule has 0 atom stereocenters. The molecule has 0 aliphatic carbocycles. The fourth-order valence-electron chi connectivity index (χ4n) is 3.50. The third-order valence-electron chi connectivity index (χ3n) is 5.22. The molecule has 3 aromatic carbocycles. The molecule has 1 N–H and O–H groups in total. The van der Waals surface area contributed by atoms with Crippen LogP contribution in [0.1, 0.15) is 0 Å². The third-order valence-corrected chi connectivity index (χ3v) is 8.58. The van der Waals surface area contributed by atoms with Gasteiger partial charge in [-0.25, -0.2) is 0 Å². The second kappa shape index (κ2) is 6.43. The third kappa shape index (κ3) is 2.80. The largest absolute Gasteiger partial charge is 0.362 e. The van der Waals surface area contributed by atoms with E-state index >= 15 is 0 Å². The first-order valence-electron chi connectivity index (χ1n) is 8.83. The molecule has 0 unspecified atom stereocenters. The summed E-state index contributed by atoms with van der Waals surface area (Å²) in [6, 6.07) is 23.4. The van der Waals surface area contributed by atoms with Gasteiger partial charge >= 0.3 is 0 Å². The van der Waals surface area contributed by atoms with Gasteiger partial charge in [0.15, 0.2) is 0 Å². The van der Waals surface area contributed by atoms with Crippen LogP contribution in [0.2, 0.25) is 13.1 Å². The summed E-state index contributed by atoms with van der Waals surface area (Å²) >= 11 is 0. The van der Waals surface area contributed by atoms with Crippen molar-refractivity contribution in [2.24, 2.45) is 0 Å². The first kappa shape index (κ1) is 16.5. The molecule has 0 radical (unpaired) electrons. The Kier molecular flexibility index (Phi) is 4.09. The zero-order chi connectivity index (χ0) is 18.1. The molecule has 3 aromatic rings. The molecule has 4 rings (SSSR count). The summed E-state index contributed by atoms with van der Waals surface area (Å²) in [5, 5.41) is 8.16. The summed E-state index contributed by atoms with van der Waals surface area (Å²) in [4.78, 5) is 11.2. The van der Waals surface area contributed by atoms with E-state index in [1.54, 1.807) is 0 Å². The fraction of sp³-hybridized carbons (Fsp3) is 0.0870. The van der Waals surface area contributed by atoms with E-state index in [2.05, 4.69) is 91.2 Å². The Bertz CT molecular complexity index is 1040. The zero-order valence-electron chi connectivity index (χ0n) is 15.0. The Morgan fingerprint density at radius 1 is 0.846 bits per heavy atom. The summed E-state index contributed by atoms with van der Waals surface area (Å²) in [6.45, 7) is 4.40. The Morgan fingerprint density at radius 2 is 1.58 bits per heavy atom. The lowest BCUT2D eigenvalue weighted by molar-refractivity contribution is -0.104. The van der Waals surface area contributed by atoms with Gasteiger partial charge in [-0.3, -0.25) is 4.79 Å². The van der Waals surface area contributed by atoms with Crippen molar-refractivity contribution in [3.63, 3.8) is 0 Å². The number of benzene rings is 3. The van der Waals surface area contributed by atoms with Crippen molar-refractivity contribution in [2.45, 2.75) is 13.1 Å². The number of anilines is 1. The van der Waals surface area contributed by atoms with Gasteiger partial charge in [0.2, 0.25) is 0 Å². The number of rotatable bonds is 4. The zero-order valence-corrected chi connectivity index (χ0v) is 16.0. The van der Waals surface area contributed by atoms with Crippen molar-refractivity contribution in [1.29, 1.82) is 0 Å². The quantitative estimate of drug-likeness (QED) is 0.478. The van der Waals surface area contributed by atoms with E-state index in [0.29, 0.717) is 0 Å². The van der Waals surface area contributed by atoms with Crippen LogP contribution in [-0.2, 0) is 4.79 Å². The van der Waals surface area contributed by atoms with E-state index in [4.69, 9.17) is 0 Å². The summed E-state index contributed by atoms with van der Waals surface area (Å²) < 4.78 is 0. The van der Waals surface area contributed by atoms with Crippen molar-refractivity contribution >= 4 is 30.8 Å². The minimum Gasteiger partial charge on any atom is -0.362 e. The van der Waals surface area contributed by atoms with Crippen molar-refractivity contribution in [3.05, 3.63) is 89.4 Å². The van der Waals surface area contributed by atoms with Crippen LogP contribution in [0.25, 0.3) is 21.9 Å². The lowest BCUT2D eigenvalue weighted by Crippen LogP contribution is -2.34. The van der Waals surface area contributed by atoms with E-state index in [1.807, 2.05) is 6.08 Å². The molecule has 1 aliphatic rings. The highest BCUT2D eigenvalue weighted by Gasteiger charge is 2.33. The molecule has 0 spiro atoms. The molecule has 0 amide bonds. The molecule has 0 aromatic heterocycles. The molecular formula is C23H21NOSi. The van der Waals surface area contributed by atoms with Crippen LogP contribution in [0, 0.1) is 0 Å². The average molecular weight is 356 g/mol. The first-order chi connectivity index (χ1) is 12.6. The first-order valence-corrected chi connectivity index (χ1v) is 11.8. The summed E-state index contributed by atoms with van der Waals surface area (Å²) in [5.41, 5.74) is 3.51. The molecule has 26 heavy (non-hydrogen) atoms. The average Bonchev–Trinajstić information content (AvgIpc) is 2.95. The number of carbonyl (C=O) groups excluding carboxylic acids is 1. The van der Waals surface area contributed by atoms with Crippen LogP contribution in [0.15, 0.2) is 89.4 Å². The molecule has 1 aliphatic heterocycles. The van der Waals surface area contributed by atoms with Crippen LogP contribution in [0.4, 0.5) is 5.69 Å². The Labute approximate surface area is 154 Å². The van der Waals surface area contributed by atoms with Crippen LogP contribution in [0.3, 0.4) is 0 Å². The number of fused-ring (bicyclic) bond motifs is 1. The maximum absolute atomic E-state index is 11.2. The SMILES string of the molecule is C[Si]1(C)C(C=O)=CC=C1Nc1ccc(-c2cccc3ccccc23)cc1. The summed E-state index contributed by atoms with van der Waals surface area (Å²) in [7, 11) is -1.85. The Hall–Kier alpha value is -2.91. The Morgan fingerprint density at radius 3 is 2.31 bits per heavy atom.